The summed E-state index contributed by atoms with van der Waals surface area (Å²) < 4.78 is 32.7. The van der Waals surface area contributed by atoms with Crippen LogP contribution in [0.1, 0.15) is 24.8 Å². The Morgan fingerprint density at radius 2 is 2.11 bits per heavy atom. The maximum absolute atomic E-state index is 12.3. The highest BCUT2D eigenvalue weighted by Crippen LogP contribution is 2.25. The average molecular weight is 284 g/mol. The van der Waals surface area contributed by atoms with Gasteiger partial charge in [-0.1, -0.05) is 6.07 Å². The molecule has 19 heavy (non-hydrogen) atoms. The van der Waals surface area contributed by atoms with Crippen molar-refractivity contribution >= 4 is 15.7 Å². The lowest BCUT2D eigenvalue weighted by atomic mass is 10.2. The van der Waals surface area contributed by atoms with E-state index in [9.17, 15) is 8.42 Å². The van der Waals surface area contributed by atoms with Gasteiger partial charge in [0.05, 0.1) is 11.8 Å². The van der Waals surface area contributed by atoms with Crippen LogP contribution in [0.4, 0.5) is 5.69 Å². The van der Waals surface area contributed by atoms with E-state index in [-0.39, 0.29) is 22.7 Å². The van der Waals surface area contributed by atoms with Gasteiger partial charge in [0.15, 0.2) is 0 Å². The second kappa shape index (κ2) is 5.48. The molecule has 6 heteroatoms. The molecular weight excluding hydrogens is 264 g/mol. The first-order chi connectivity index (χ1) is 8.94. The van der Waals surface area contributed by atoms with E-state index in [1.807, 2.05) is 6.92 Å². The Bertz CT molecular complexity index is 557. The number of aryl methyl sites for hydroxylation is 1. The van der Waals surface area contributed by atoms with Crippen molar-refractivity contribution in [1.82, 2.24) is 4.72 Å². The van der Waals surface area contributed by atoms with Crippen LogP contribution in [0, 0.1) is 6.92 Å². The normalized spacial score (nSPS) is 23.7. The van der Waals surface area contributed by atoms with Crippen molar-refractivity contribution in [2.45, 2.75) is 43.2 Å². The largest absolute Gasteiger partial charge is 0.398 e. The standard InChI is InChI=1S/C13H20N2O3S/c1-9-6-7-13(10(14)8-9)19(16,17)15-11-4-3-5-12(11)18-2/h6-8,11-12,15H,3-5,14H2,1-2H3. The summed E-state index contributed by atoms with van der Waals surface area (Å²) in [7, 11) is -1.98. The molecule has 0 amide bonds. The highest BCUT2D eigenvalue weighted by Gasteiger charge is 2.31. The molecule has 1 fully saturated rings. The molecule has 3 N–H and O–H groups in total. The summed E-state index contributed by atoms with van der Waals surface area (Å²) in [6, 6.07) is 4.78. The molecule has 0 aromatic heterocycles. The van der Waals surface area contributed by atoms with Gasteiger partial charge in [0.25, 0.3) is 0 Å². The molecule has 2 atom stereocenters. The molecule has 0 bridgehead atoms. The zero-order valence-corrected chi connectivity index (χ0v) is 12.0. The lowest BCUT2D eigenvalue weighted by Gasteiger charge is -2.20. The van der Waals surface area contributed by atoms with Crippen LogP contribution < -0.4 is 10.5 Å². The molecule has 0 spiro atoms. The van der Waals surface area contributed by atoms with Gasteiger partial charge in [0.2, 0.25) is 10.0 Å². The summed E-state index contributed by atoms with van der Waals surface area (Å²) in [5.41, 5.74) is 7.01. The first kappa shape index (κ1) is 14.3. The van der Waals surface area contributed by atoms with Crippen LogP contribution >= 0.6 is 0 Å². The van der Waals surface area contributed by atoms with E-state index in [1.165, 1.54) is 0 Å². The summed E-state index contributed by atoms with van der Waals surface area (Å²) in [5.74, 6) is 0. The molecule has 5 nitrogen and oxygen atoms in total. The van der Waals surface area contributed by atoms with E-state index in [4.69, 9.17) is 10.5 Å². The average Bonchev–Trinajstić information content (AvgIpc) is 2.74. The van der Waals surface area contributed by atoms with E-state index in [0.29, 0.717) is 0 Å². The van der Waals surface area contributed by atoms with E-state index in [1.54, 1.807) is 25.3 Å². The first-order valence-corrected chi connectivity index (χ1v) is 7.83. The van der Waals surface area contributed by atoms with Crippen molar-refractivity contribution in [1.29, 1.82) is 0 Å². The topological polar surface area (TPSA) is 81.4 Å². The van der Waals surface area contributed by atoms with E-state index in [2.05, 4.69) is 4.72 Å². The predicted octanol–water partition coefficient (Wildman–Crippen LogP) is 1.42. The van der Waals surface area contributed by atoms with Gasteiger partial charge in [-0.15, -0.1) is 0 Å². The molecule has 0 saturated heterocycles. The van der Waals surface area contributed by atoms with Gasteiger partial charge in [-0.2, -0.15) is 0 Å². The molecule has 2 unspecified atom stereocenters. The highest BCUT2D eigenvalue weighted by molar-refractivity contribution is 7.89. The van der Waals surface area contributed by atoms with Crippen molar-refractivity contribution in [3.05, 3.63) is 23.8 Å². The summed E-state index contributed by atoms with van der Waals surface area (Å²) in [6.45, 7) is 1.87. The SMILES string of the molecule is COC1CCCC1NS(=O)(=O)c1ccc(C)cc1N. The van der Waals surface area contributed by atoms with Gasteiger partial charge in [-0.05, 0) is 43.9 Å². The smallest absolute Gasteiger partial charge is 0.242 e. The molecule has 1 aliphatic carbocycles. The lowest BCUT2D eigenvalue weighted by molar-refractivity contribution is 0.0916. The second-order valence-electron chi connectivity index (χ2n) is 4.97. The fourth-order valence-corrected chi connectivity index (χ4v) is 3.93. The number of nitrogens with two attached hydrogens (primary N) is 1. The number of hydrogen-bond donors (Lipinski definition) is 2. The Labute approximate surface area is 114 Å². The van der Waals surface area contributed by atoms with Gasteiger partial charge >= 0.3 is 0 Å². The Morgan fingerprint density at radius 1 is 1.37 bits per heavy atom. The number of ether oxygens (including phenoxy) is 1. The van der Waals surface area contributed by atoms with E-state index in [0.717, 1.165) is 24.8 Å². The quantitative estimate of drug-likeness (QED) is 0.819. The maximum atomic E-state index is 12.3. The van der Waals surface area contributed by atoms with Gasteiger partial charge in [-0.3, -0.25) is 0 Å². The maximum Gasteiger partial charge on any atom is 0.242 e. The summed E-state index contributed by atoms with van der Waals surface area (Å²) in [6.07, 6.45) is 2.59. The zero-order valence-electron chi connectivity index (χ0n) is 11.2. The Hall–Kier alpha value is -1.11. The number of anilines is 1. The second-order valence-corrected chi connectivity index (χ2v) is 6.66. The van der Waals surface area contributed by atoms with Crippen LogP contribution in [-0.2, 0) is 14.8 Å². The Kier molecular flexibility index (Phi) is 4.13. The van der Waals surface area contributed by atoms with Crippen molar-refractivity contribution in [2.75, 3.05) is 12.8 Å². The number of nitrogen functional groups attached to an aromatic ring is 1. The first-order valence-electron chi connectivity index (χ1n) is 6.35. The van der Waals surface area contributed by atoms with Crippen molar-refractivity contribution < 1.29 is 13.2 Å². The van der Waals surface area contributed by atoms with Crippen LogP contribution in [0.25, 0.3) is 0 Å². The van der Waals surface area contributed by atoms with Crippen LogP contribution in [0.3, 0.4) is 0 Å². The van der Waals surface area contributed by atoms with Crippen LogP contribution in [0.2, 0.25) is 0 Å². The third-order valence-corrected chi connectivity index (χ3v) is 5.08. The lowest BCUT2D eigenvalue weighted by Crippen LogP contribution is -2.40. The van der Waals surface area contributed by atoms with E-state index < -0.39 is 10.0 Å². The number of benzene rings is 1. The monoisotopic (exact) mass is 284 g/mol. The van der Waals surface area contributed by atoms with Gasteiger partial charge < -0.3 is 10.5 Å². The van der Waals surface area contributed by atoms with Crippen molar-refractivity contribution in [3.63, 3.8) is 0 Å². The van der Waals surface area contributed by atoms with Gasteiger partial charge in [-0.25, -0.2) is 13.1 Å². The molecule has 1 aromatic rings. The highest BCUT2D eigenvalue weighted by atomic mass is 32.2. The van der Waals surface area contributed by atoms with Crippen LogP contribution in [-0.4, -0.2) is 27.7 Å². The minimum absolute atomic E-state index is 0.0542. The number of nitrogens with one attached hydrogen (secondary N) is 1. The summed E-state index contributed by atoms with van der Waals surface area (Å²) in [4.78, 5) is 0.139. The summed E-state index contributed by atoms with van der Waals surface area (Å²) in [5, 5.41) is 0. The fourth-order valence-electron chi connectivity index (χ4n) is 2.52. The van der Waals surface area contributed by atoms with Gasteiger partial charge in [0, 0.05) is 13.2 Å². The molecule has 1 aliphatic rings. The fraction of sp³-hybridized carbons (Fsp3) is 0.538. The molecule has 1 aromatic carbocycles. The number of hydrogen-bond acceptors (Lipinski definition) is 4. The Morgan fingerprint density at radius 3 is 2.74 bits per heavy atom. The van der Waals surface area contributed by atoms with Crippen LogP contribution in [0.15, 0.2) is 23.1 Å². The number of sulfonamides is 1. The molecule has 106 valence electrons. The third kappa shape index (κ3) is 3.08. The minimum Gasteiger partial charge on any atom is -0.398 e. The molecule has 0 aliphatic heterocycles. The number of methoxy groups -OCH3 is 1. The molecular formula is C13H20N2O3S. The van der Waals surface area contributed by atoms with Crippen molar-refractivity contribution in [3.8, 4) is 0 Å². The van der Waals surface area contributed by atoms with Crippen molar-refractivity contribution in [2.24, 2.45) is 0 Å². The summed E-state index contributed by atoms with van der Waals surface area (Å²) >= 11 is 0. The molecule has 0 radical (unpaired) electrons. The van der Waals surface area contributed by atoms with E-state index >= 15 is 0 Å². The zero-order chi connectivity index (χ0) is 14.0. The number of rotatable bonds is 4. The molecule has 1 saturated carbocycles. The Balaban J connectivity index is 2.23. The molecule has 2 rings (SSSR count). The van der Waals surface area contributed by atoms with Crippen LogP contribution in [0.5, 0.6) is 0 Å². The molecule has 0 heterocycles. The third-order valence-electron chi connectivity index (χ3n) is 3.52. The minimum atomic E-state index is -3.59. The van der Waals surface area contributed by atoms with Gasteiger partial charge in [0.1, 0.15) is 4.90 Å². The predicted molar refractivity (Wildman–Crippen MR) is 74.3 cm³/mol.